The molecule has 0 amide bonds. The van der Waals surface area contributed by atoms with Gasteiger partial charge >= 0.3 is 0 Å². The first-order chi connectivity index (χ1) is 7.77. The van der Waals surface area contributed by atoms with E-state index in [9.17, 15) is 10.2 Å². The third-order valence-electron chi connectivity index (χ3n) is 2.57. The molecule has 0 bridgehead atoms. The van der Waals surface area contributed by atoms with Crippen molar-refractivity contribution in [1.29, 1.82) is 0 Å². The molecule has 2 rings (SSSR count). The van der Waals surface area contributed by atoms with E-state index in [1.54, 1.807) is 18.2 Å². The van der Waals surface area contributed by atoms with Crippen molar-refractivity contribution in [3.8, 4) is 5.75 Å². The number of hydrogen-bond donors (Lipinski definition) is 2. The van der Waals surface area contributed by atoms with Crippen LogP contribution < -0.4 is 0 Å². The van der Waals surface area contributed by atoms with Crippen LogP contribution in [0.3, 0.4) is 0 Å². The topological polar surface area (TPSA) is 40.5 Å². The first-order valence-corrected chi connectivity index (χ1v) is 5.27. The van der Waals surface area contributed by atoms with Gasteiger partial charge in [0.1, 0.15) is 5.75 Å². The Balaban J connectivity index is 2.15. The number of rotatable bonds is 3. The van der Waals surface area contributed by atoms with Gasteiger partial charge in [-0.05, 0) is 11.6 Å². The fraction of sp³-hybridized carbons (Fsp3) is 0.143. The number of phenols is 1. The van der Waals surface area contributed by atoms with Crippen LogP contribution in [0.5, 0.6) is 5.75 Å². The van der Waals surface area contributed by atoms with E-state index in [0.29, 0.717) is 12.0 Å². The van der Waals surface area contributed by atoms with Crippen LogP contribution in [-0.2, 0) is 6.42 Å². The van der Waals surface area contributed by atoms with Crippen LogP contribution in [0, 0.1) is 0 Å². The molecule has 0 heterocycles. The summed E-state index contributed by atoms with van der Waals surface area (Å²) in [4.78, 5) is 0. The Morgan fingerprint density at radius 3 is 2.19 bits per heavy atom. The zero-order valence-corrected chi connectivity index (χ0v) is 8.88. The molecule has 1 unspecified atom stereocenters. The molecule has 0 fully saturated rings. The molecule has 82 valence electrons. The minimum atomic E-state index is -0.663. The summed E-state index contributed by atoms with van der Waals surface area (Å²) in [6, 6.07) is 16.6. The monoisotopic (exact) mass is 214 g/mol. The van der Waals surface area contributed by atoms with Gasteiger partial charge in [-0.1, -0.05) is 48.5 Å². The second kappa shape index (κ2) is 4.81. The number of phenolic OH excluding ortho intramolecular Hbond substituents is 1. The number of benzene rings is 2. The summed E-state index contributed by atoms with van der Waals surface area (Å²) in [7, 11) is 0. The van der Waals surface area contributed by atoms with Crippen molar-refractivity contribution in [2.75, 3.05) is 0 Å². The highest BCUT2D eigenvalue weighted by Gasteiger charge is 2.11. The molecule has 0 saturated heterocycles. The fourth-order valence-corrected chi connectivity index (χ4v) is 1.72. The van der Waals surface area contributed by atoms with Gasteiger partial charge < -0.3 is 10.2 Å². The molecule has 0 aromatic heterocycles. The Morgan fingerprint density at radius 1 is 0.875 bits per heavy atom. The highest BCUT2D eigenvalue weighted by Crippen LogP contribution is 2.25. The van der Waals surface area contributed by atoms with Gasteiger partial charge in [-0.15, -0.1) is 0 Å². The van der Waals surface area contributed by atoms with Crippen molar-refractivity contribution >= 4 is 0 Å². The number of para-hydroxylation sites is 1. The standard InChI is InChI=1S/C14H14O2/c15-13-9-5-4-8-12(13)14(16)10-11-6-2-1-3-7-11/h1-9,14-16H,10H2. The van der Waals surface area contributed by atoms with Gasteiger partial charge in [0.05, 0.1) is 6.10 Å². The lowest BCUT2D eigenvalue weighted by molar-refractivity contribution is 0.174. The minimum absolute atomic E-state index is 0.144. The fourth-order valence-electron chi connectivity index (χ4n) is 1.72. The van der Waals surface area contributed by atoms with Crippen molar-refractivity contribution in [3.05, 3.63) is 65.7 Å². The van der Waals surface area contributed by atoms with Crippen LogP contribution in [0.15, 0.2) is 54.6 Å². The molecule has 0 aliphatic heterocycles. The summed E-state index contributed by atoms with van der Waals surface area (Å²) < 4.78 is 0. The van der Waals surface area contributed by atoms with E-state index in [4.69, 9.17) is 0 Å². The predicted molar refractivity (Wildman–Crippen MR) is 63.2 cm³/mol. The van der Waals surface area contributed by atoms with Crippen molar-refractivity contribution in [1.82, 2.24) is 0 Å². The van der Waals surface area contributed by atoms with Crippen LogP contribution in [0.4, 0.5) is 0 Å². The molecule has 2 heteroatoms. The molecule has 0 aliphatic carbocycles. The van der Waals surface area contributed by atoms with E-state index < -0.39 is 6.10 Å². The maximum Gasteiger partial charge on any atom is 0.121 e. The van der Waals surface area contributed by atoms with Gasteiger partial charge in [0.2, 0.25) is 0 Å². The van der Waals surface area contributed by atoms with Gasteiger partial charge in [-0.25, -0.2) is 0 Å². The van der Waals surface area contributed by atoms with E-state index in [0.717, 1.165) is 5.56 Å². The molecule has 0 aliphatic rings. The zero-order chi connectivity index (χ0) is 11.4. The molecule has 1 atom stereocenters. The van der Waals surface area contributed by atoms with Gasteiger partial charge in [-0.2, -0.15) is 0 Å². The van der Waals surface area contributed by atoms with Gasteiger partial charge in [0.25, 0.3) is 0 Å². The van der Waals surface area contributed by atoms with E-state index in [1.807, 2.05) is 36.4 Å². The number of aromatic hydroxyl groups is 1. The molecule has 0 radical (unpaired) electrons. The second-order valence-corrected chi connectivity index (χ2v) is 3.76. The van der Waals surface area contributed by atoms with Crippen LogP contribution in [0.25, 0.3) is 0 Å². The van der Waals surface area contributed by atoms with E-state index in [1.165, 1.54) is 0 Å². The van der Waals surface area contributed by atoms with Crippen LogP contribution >= 0.6 is 0 Å². The summed E-state index contributed by atoms with van der Waals surface area (Å²) in [5.74, 6) is 0.144. The maximum atomic E-state index is 9.99. The molecular formula is C14H14O2. The van der Waals surface area contributed by atoms with E-state index in [2.05, 4.69) is 0 Å². The quantitative estimate of drug-likeness (QED) is 0.824. The second-order valence-electron chi connectivity index (χ2n) is 3.76. The van der Waals surface area contributed by atoms with Gasteiger partial charge in [0.15, 0.2) is 0 Å². The first kappa shape index (κ1) is 10.7. The normalized spacial score (nSPS) is 12.3. The lowest BCUT2D eigenvalue weighted by atomic mass is 10.0. The van der Waals surface area contributed by atoms with Crippen LogP contribution in [-0.4, -0.2) is 10.2 Å². The Labute approximate surface area is 94.8 Å². The van der Waals surface area contributed by atoms with Crippen molar-refractivity contribution in [2.24, 2.45) is 0 Å². The van der Waals surface area contributed by atoms with E-state index >= 15 is 0 Å². The molecular weight excluding hydrogens is 200 g/mol. The highest BCUT2D eigenvalue weighted by atomic mass is 16.3. The van der Waals surface area contributed by atoms with Crippen LogP contribution in [0.2, 0.25) is 0 Å². The van der Waals surface area contributed by atoms with Crippen molar-refractivity contribution < 1.29 is 10.2 Å². The Morgan fingerprint density at radius 2 is 1.50 bits per heavy atom. The summed E-state index contributed by atoms with van der Waals surface area (Å²) in [5, 5.41) is 19.6. The summed E-state index contributed by atoms with van der Waals surface area (Å²) in [5.41, 5.74) is 1.63. The van der Waals surface area contributed by atoms with Gasteiger partial charge in [0, 0.05) is 12.0 Å². The predicted octanol–water partition coefficient (Wildman–Crippen LogP) is 2.67. The average molecular weight is 214 g/mol. The molecule has 2 N–H and O–H groups in total. The number of hydrogen-bond acceptors (Lipinski definition) is 2. The summed E-state index contributed by atoms with van der Waals surface area (Å²) in [6.07, 6.45) is -0.151. The number of aliphatic hydroxyl groups excluding tert-OH is 1. The Hall–Kier alpha value is -1.80. The minimum Gasteiger partial charge on any atom is -0.508 e. The number of aliphatic hydroxyl groups is 1. The summed E-state index contributed by atoms with van der Waals surface area (Å²) in [6.45, 7) is 0. The molecule has 0 saturated carbocycles. The Kier molecular flexibility index (Phi) is 3.22. The molecule has 16 heavy (non-hydrogen) atoms. The Bertz CT molecular complexity index is 451. The van der Waals surface area contributed by atoms with Crippen molar-refractivity contribution in [3.63, 3.8) is 0 Å². The molecule has 2 aromatic carbocycles. The van der Waals surface area contributed by atoms with Crippen molar-refractivity contribution in [2.45, 2.75) is 12.5 Å². The largest absolute Gasteiger partial charge is 0.508 e. The van der Waals surface area contributed by atoms with Crippen LogP contribution in [0.1, 0.15) is 17.2 Å². The molecule has 0 spiro atoms. The smallest absolute Gasteiger partial charge is 0.121 e. The average Bonchev–Trinajstić information content (AvgIpc) is 2.31. The zero-order valence-electron chi connectivity index (χ0n) is 8.88. The van der Waals surface area contributed by atoms with Gasteiger partial charge in [-0.3, -0.25) is 0 Å². The summed E-state index contributed by atoms with van der Waals surface area (Å²) >= 11 is 0. The third-order valence-corrected chi connectivity index (χ3v) is 2.57. The maximum absolute atomic E-state index is 9.99. The lowest BCUT2D eigenvalue weighted by Gasteiger charge is -2.12. The first-order valence-electron chi connectivity index (χ1n) is 5.27. The lowest BCUT2D eigenvalue weighted by Crippen LogP contribution is -2.01. The SMILES string of the molecule is Oc1ccccc1C(O)Cc1ccccc1. The molecule has 2 aromatic rings. The third kappa shape index (κ3) is 2.41. The van der Waals surface area contributed by atoms with E-state index in [-0.39, 0.29) is 5.75 Å². The highest BCUT2D eigenvalue weighted by molar-refractivity contribution is 5.34. The molecule has 2 nitrogen and oxygen atoms in total.